The minimum atomic E-state index is -0.495. The molecule has 2 aliphatic heterocycles. The molecule has 4 rings (SSSR count). The lowest BCUT2D eigenvalue weighted by Gasteiger charge is -2.29. The van der Waals surface area contributed by atoms with Gasteiger partial charge in [0.1, 0.15) is 17.1 Å². The van der Waals surface area contributed by atoms with E-state index in [-0.39, 0.29) is 17.7 Å². The van der Waals surface area contributed by atoms with Gasteiger partial charge in [-0.25, -0.2) is 5.01 Å². The maximum atomic E-state index is 12.2. The molecule has 6 heteroatoms. The topological polar surface area (TPSA) is 62.1 Å². The number of fused-ring (bicyclic) bond motifs is 1. The van der Waals surface area contributed by atoms with Gasteiger partial charge in [-0.15, -0.1) is 0 Å². The van der Waals surface area contributed by atoms with Gasteiger partial charge >= 0.3 is 0 Å². The van der Waals surface area contributed by atoms with E-state index >= 15 is 0 Å². The number of amides is 1. The van der Waals surface area contributed by atoms with Crippen molar-refractivity contribution in [1.29, 1.82) is 0 Å². The summed E-state index contributed by atoms with van der Waals surface area (Å²) in [6.07, 6.45) is 4.43. The minimum absolute atomic E-state index is 0.0869. The van der Waals surface area contributed by atoms with Gasteiger partial charge in [-0.05, 0) is 49.8 Å². The Balaban J connectivity index is 1.78. The van der Waals surface area contributed by atoms with Crippen molar-refractivity contribution in [3.63, 3.8) is 0 Å². The van der Waals surface area contributed by atoms with Gasteiger partial charge in [0.2, 0.25) is 5.91 Å². The summed E-state index contributed by atoms with van der Waals surface area (Å²) in [5.41, 5.74) is 2.47. The molecule has 0 bridgehead atoms. The number of halogens is 1. The smallest absolute Gasteiger partial charge is 0.240 e. The van der Waals surface area contributed by atoms with Crippen LogP contribution < -0.4 is 4.74 Å². The first-order valence-corrected chi connectivity index (χ1v) is 9.50. The van der Waals surface area contributed by atoms with Crippen molar-refractivity contribution < 1.29 is 14.6 Å². The number of phenolic OH excluding ortho intramolecular Hbond substituents is 1. The normalized spacial score (nSPS) is 19.8. The molecule has 2 aromatic rings. The van der Waals surface area contributed by atoms with Crippen LogP contribution in [0.5, 0.6) is 11.5 Å². The van der Waals surface area contributed by atoms with Crippen LogP contribution in [0.25, 0.3) is 6.08 Å². The first kappa shape index (κ1) is 18.6. The van der Waals surface area contributed by atoms with Crippen molar-refractivity contribution in [2.45, 2.75) is 38.8 Å². The van der Waals surface area contributed by atoms with Crippen LogP contribution in [0, 0.1) is 0 Å². The molecule has 0 saturated heterocycles. The maximum Gasteiger partial charge on any atom is 0.240 e. The van der Waals surface area contributed by atoms with E-state index < -0.39 is 5.60 Å². The number of hydrogen-bond acceptors (Lipinski definition) is 4. The predicted molar refractivity (Wildman–Crippen MR) is 110 cm³/mol. The van der Waals surface area contributed by atoms with Crippen molar-refractivity contribution in [3.8, 4) is 11.5 Å². The molecule has 1 atom stereocenters. The van der Waals surface area contributed by atoms with Crippen LogP contribution in [-0.4, -0.2) is 27.3 Å². The zero-order valence-electron chi connectivity index (χ0n) is 15.9. The Bertz CT molecular complexity index is 1010. The summed E-state index contributed by atoms with van der Waals surface area (Å²) in [6.45, 7) is 5.39. The number of hydrogen-bond donors (Lipinski definition) is 1. The zero-order valence-corrected chi connectivity index (χ0v) is 16.7. The van der Waals surface area contributed by atoms with Gasteiger partial charge in [0.15, 0.2) is 0 Å². The number of benzene rings is 2. The molecule has 5 nitrogen and oxygen atoms in total. The summed E-state index contributed by atoms with van der Waals surface area (Å²) in [4.78, 5) is 12.2. The Labute approximate surface area is 168 Å². The summed E-state index contributed by atoms with van der Waals surface area (Å²) in [6, 6.07) is 10.6. The highest BCUT2D eigenvalue weighted by atomic mass is 35.5. The lowest BCUT2D eigenvalue weighted by atomic mass is 9.93. The number of carbonyl (C=O) groups excluding carboxylic acids is 1. The van der Waals surface area contributed by atoms with Crippen LogP contribution in [0.2, 0.25) is 5.02 Å². The summed E-state index contributed by atoms with van der Waals surface area (Å²) >= 11 is 6.00. The third-order valence-electron chi connectivity index (χ3n) is 4.97. The van der Waals surface area contributed by atoms with Gasteiger partial charge in [0, 0.05) is 23.9 Å². The molecule has 0 fully saturated rings. The van der Waals surface area contributed by atoms with Crippen molar-refractivity contribution in [1.82, 2.24) is 5.01 Å². The summed E-state index contributed by atoms with van der Waals surface area (Å²) in [7, 11) is 0. The summed E-state index contributed by atoms with van der Waals surface area (Å²) in [5, 5.41) is 17.3. The second-order valence-electron chi connectivity index (χ2n) is 7.60. The molecular weight excluding hydrogens is 376 g/mol. The fourth-order valence-electron chi connectivity index (χ4n) is 3.59. The van der Waals surface area contributed by atoms with Crippen LogP contribution in [0.4, 0.5) is 0 Å². The Morgan fingerprint density at radius 3 is 2.64 bits per heavy atom. The van der Waals surface area contributed by atoms with Gasteiger partial charge in [0.25, 0.3) is 0 Å². The molecule has 1 unspecified atom stereocenters. The second kappa shape index (κ2) is 6.67. The maximum absolute atomic E-state index is 12.2. The van der Waals surface area contributed by atoms with Crippen molar-refractivity contribution >= 4 is 29.3 Å². The first-order chi connectivity index (χ1) is 13.2. The lowest BCUT2D eigenvalue weighted by Crippen LogP contribution is -2.28. The second-order valence-corrected chi connectivity index (χ2v) is 8.04. The molecule has 1 N–H and O–H groups in total. The molecule has 0 aliphatic carbocycles. The van der Waals surface area contributed by atoms with Crippen LogP contribution >= 0.6 is 11.6 Å². The van der Waals surface area contributed by atoms with Gasteiger partial charge < -0.3 is 9.84 Å². The lowest BCUT2D eigenvalue weighted by molar-refractivity contribution is -0.130. The number of ether oxygens (including phenoxy) is 1. The number of carbonyl (C=O) groups is 1. The molecule has 2 aromatic carbocycles. The third-order valence-corrected chi connectivity index (χ3v) is 5.22. The summed E-state index contributed by atoms with van der Waals surface area (Å²) in [5.74, 6) is 0.510. The van der Waals surface area contributed by atoms with Crippen LogP contribution in [-0.2, 0) is 4.79 Å². The highest BCUT2D eigenvalue weighted by Gasteiger charge is 2.35. The van der Waals surface area contributed by atoms with E-state index in [0.29, 0.717) is 28.5 Å². The van der Waals surface area contributed by atoms with Gasteiger partial charge in [0.05, 0.1) is 17.3 Å². The highest BCUT2D eigenvalue weighted by Crippen LogP contribution is 2.43. The Morgan fingerprint density at radius 2 is 1.96 bits per heavy atom. The van der Waals surface area contributed by atoms with Gasteiger partial charge in [-0.1, -0.05) is 29.8 Å². The molecule has 0 radical (unpaired) electrons. The minimum Gasteiger partial charge on any atom is -0.507 e. The Hall–Kier alpha value is -2.79. The molecular formula is C22H21ClN2O3. The zero-order chi connectivity index (χ0) is 20.1. The van der Waals surface area contributed by atoms with Crippen molar-refractivity contribution in [2.24, 2.45) is 5.10 Å². The van der Waals surface area contributed by atoms with E-state index in [1.807, 2.05) is 44.2 Å². The van der Waals surface area contributed by atoms with E-state index in [0.717, 1.165) is 11.1 Å². The van der Waals surface area contributed by atoms with Gasteiger partial charge in [-0.3, -0.25) is 4.79 Å². The van der Waals surface area contributed by atoms with Crippen molar-refractivity contribution in [2.75, 3.05) is 0 Å². The SMILES string of the molecule is CC(=O)N1N=C(c2c(O)ccc3c2OC(C)(C)C=C3)CC1c1ccc(Cl)cc1. The quantitative estimate of drug-likeness (QED) is 0.783. The monoisotopic (exact) mass is 396 g/mol. The molecule has 144 valence electrons. The molecule has 1 amide bonds. The molecule has 2 heterocycles. The fraction of sp³-hybridized carbons (Fsp3) is 0.273. The van der Waals surface area contributed by atoms with Gasteiger partial charge in [-0.2, -0.15) is 5.10 Å². The highest BCUT2D eigenvalue weighted by molar-refractivity contribution is 6.30. The van der Waals surface area contributed by atoms with E-state index in [1.165, 1.54) is 11.9 Å². The average Bonchev–Trinajstić information content (AvgIpc) is 3.06. The Morgan fingerprint density at radius 1 is 1.25 bits per heavy atom. The number of rotatable bonds is 2. The van der Waals surface area contributed by atoms with E-state index in [4.69, 9.17) is 16.3 Å². The number of aromatic hydroxyl groups is 1. The first-order valence-electron chi connectivity index (χ1n) is 9.12. The molecule has 0 aromatic heterocycles. The van der Waals surface area contributed by atoms with E-state index in [1.54, 1.807) is 18.2 Å². The number of nitrogens with zero attached hydrogens (tertiary/aromatic N) is 2. The van der Waals surface area contributed by atoms with Crippen molar-refractivity contribution in [3.05, 3.63) is 64.2 Å². The molecule has 28 heavy (non-hydrogen) atoms. The Kier molecular flexibility index (Phi) is 4.42. The fourth-order valence-corrected chi connectivity index (χ4v) is 3.72. The summed E-state index contributed by atoms with van der Waals surface area (Å²) < 4.78 is 6.15. The molecule has 2 aliphatic rings. The van der Waals surface area contributed by atoms with Crippen LogP contribution in [0.1, 0.15) is 49.9 Å². The predicted octanol–water partition coefficient (Wildman–Crippen LogP) is 4.93. The largest absolute Gasteiger partial charge is 0.507 e. The third kappa shape index (κ3) is 3.27. The average molecular weight is 397 g/mol. The van der Waals surface area contributed by atoms with Crippen LogP contribution in [0.3, 0.4) is 0 Å². The standard InChI is InChI=1S/C22H21ClN2O3/c1-13(26)25-18(14-4-7-16(23)8-5-14)12-17(24-25)20-19(27)9-6-15-10-11-22(2,3)28-21(15)20/h4-11,18,27H,12H2,1-3H3. The van der Waals surface area contributed by atoms with E-state index in [9.17, 15) is 9.90 Å². The van der Waals surface area contributed by atoms with Crippen LogP contribution in [0.15, 0.2) is 47.6 Å². The number of hydrazone groups is 1. The number of phenols is 1. The molecule has 0 spiro atoms. The van der Waals surface area contributed by atoms with E-state index in [2.05, 4.69) is 5.10 Å². The molecule has 0 saturated carbocycles.